The standard InChI is InChI=1S/C11H24N2/c1-11(2,9-12)8-10-4-6-13(3)7-5-10/h10H,4-9,12H2,1-3H3. The molecule has 1 saturated heterocycles. The van der Waals surface area contributed by atoms with Crippen molar-refractivity contribution in [2.24, 2.45) is 17.1 Å². The quantitative estimate of drug-likeness (QED) is 0.723. The van der Waals surface area contributed by atoms with Gasteiger partial charge in [-0.2, -0.15) is 0 Å². The SMILES string of the molecule is CN1CCC(CC(C)(C)CN)CC1. The van der Waals surface area contributed by atoms with E-state index in [0.29, 0.717) is 5.41 Å². The van der Waals surface area contributed by atoms with Crippen molar-refractivity contribution in [1.82, 2.24) is 4.90 Å². The fraction of sp³-hybridized carbons (Fsp3) is 1.00. The number of piperidine rings is 1. The van der Waals surface area contributed by atoms with Gasteiger partial charge in [-0.05, 0) is 57.3 Å². The zero-order valence-corrected chi connectivity index (χ0v) is 9.34. The molecule has 1 fully saturated rings. The molecule has 1 aliphatic heterocycles. The van der Waals surface area contributed by atoms with E-state index in [9.17, 15) is 0 Å². The first-order chi connectivity index (χ1) is 6.03. The molecule has 2 nitrogen and oxygen atoms in total. The van der Waals surface area contributed by atoms with E-state index in [-0.39, 0.29) is 0 Å². The Morgan fingerprint density at radius 3 is 2.31 bits per heavy atom. The molecule has 2 heteroatoms. The zero-order valence-electron chi connectivity index (χ0n) is 9.34. The summed E-state index contributed by atoms with van der Waals surface area (Å²) in [6, 6.07) is 0. The van der Waals surface area contributed by atoms with Gasteiger partial charge in [-0.25, -0.2) is 0 Å². The van der Waals surface area contributed by atoms with Gasteiger partial charge in [0, 0.05) is 0 Å². The van der Waals surface area contributed by atoms with E-state index in [1.165, 1.54) is 32.4 Å². The Labute approximate surface area is 82.5 Å². The monoisotopic (exact) mass is 184 g/mol. The summed E-state index contributed by atoms with van der Waals surface area (Å²) in [5, 5.41) is 0. The lowest BCUT2D eigenvalue weighted by molar-refractivity contribution is 0.170. The highest BCUT2D eigenvalue weighted by Crippen LogP contribution is 2.30. The van der Waals surface area contributed by atoms with Gasteiger partial charge >= 0.3 is 0 Å². The van der Waals surface area contributed by atoms with Gasteiger partial charge in [0.25, 0.3) is 0 Å². The summed E-state index contributed by atoms with van der Waals surface area (Å²) in [5.74, 6) is 0.912. The minimum Gasteiger partial charge on any atom is -0.330 e. The van der Waals surface area contributed by atoms with Gasteiger partial charge in [-0.3, -0.25) is 0 Å². The summed E-state index contributed by atoms with van der Waals surface area (Å²) in [5.41, 5.74) is 6.09. The molecule has 0 aromatic heterocycles. The second-order valence-electron chi connectivity index (χ2n) is 5.32. The molecule has 0 atom stereocenters. The van der Waals surface area contributed by atoms with Crippen molar-refractivity contribution in [3.8, 4) is 0 Å². The molecule has 0 radical (unpaired) electrons. The van der Waals surface area contributed by atoms with Gasteiger partial charge in [0.1, 0.15) is 0 Å². The van der Waals surface area contributed by atoms with Crippen LogP contribution in [0.25, 0.3) is 0 Å². The Balaban J connectivity index is 2.30. The molecule has 13 heavy (non-hydrogen) atoms. The lowest BCUT2D eigenvalue weighted by Gasteiger charge is -2.34. The molecular weight excluding hydrogens is 160 g/mol. The molecule has 0 aliphatic carbocycles. The normalized spacial score (nSPS) is 22.2. The van der Waals surface area contributed by atoms with Crippen LogP contribution in [0.2, 0.25) is 0 Å². The number of nitrogens with two attached hydrogens (primary N) is 1. The van der Waals surface area contributed by atoms with Crippen LogP contribution < -0.4 is 5.73 Å². The fourth-order valence-corrected chi connectivity index (χ4v) is 2.13. The largest absolute Gasteiger partial charge is 0.330 e. The molecule has 0 bridgehead atoms. The molecule has 0 saturated carbocycles. The summed E-state index contributed by atoms with van der Waals surface area (Å²) in [7, 11) is 2.21. The first kappa shape index (κ1) is 11.0. The molecule has 1 heterocycles. The number of hydrogen-bond acceptors (Lipinski definition) is 2. The van der Waals surface area contributed by atoms with Crippen molar-refractivity contribution in [2.45, 2.75) is 33.1 Å². The first-order valence-corrected chi connectivity index (χ1v) is 5.42. The van der Waals surface area contributed by atoms with Gasteiger partial charge in [0.15, 0.2) is 0 Å². The molecular formula is C11H24N2. The Hall–Kier alpha value is -0.0800. The van der Waals surface area contributed by atoms with E-state index in [0.717, 1.165) is 12.5 Å². The first-order valence-electron chi connectivity index (χ1n) is 5.42. The molecule has 0 unspecified atom stereocenters. The molecule has 0 amide bonds. The molecule has 2 N–H and O–H groups in total. The third-order valence-electron chi connectivity index (χ3n) is 3.23. The minimum atomic E-state index is 0.348. The predicted molar refractivity (Wildman–Crippen MR) is 57.7 cm³/mol. The van der Waals surface area contributed by atoms with E-state index in [1.54, 1.807) is 0 Å². The van der Waals surface area contributed by atoms with E-state index < -0.39 is 0 Å². The number of nitrogens with zero attached hydrogens (tertiary/aromatic N) is 1. The average molecular weight is 184 g/mol. The van der Waals surface area contributed by atoms with E-state index in [1.807, 2.05) is 0 Å². The molecule has 0 aromatic carbocycles. The molecule has 0 spiro atoms. The van der Waals surface area contributed by atoms with Gasteiger partial charge in [0.2, 0.25) is 0 Å². The van der Waals surface area contributed by atoms with E-state index >= 15 is 0 Å². The summed E-state index contributed by atoms with van der Waals surface area (Å²) in [6.45, 7) is 7.92. The molecule has 1 aliphatic rings. The van der Waals surface area contributed by atoms with Crippen LogP contribution in [0.5, 0.6) is 0 Å². The minimum absolute atomic E-state index is 0.348. The van der Waals surface area contributed by atoms with Gasteiger partial charge in [-0.1, -0.05) is 13.8 Å². The van der Waals surface area contributed by atoms with Gasteiger partial charge < -0.3 is 10.6 Å². The maximum absolute atomic E-state index is 5.74. The van der Waals surface area contributed by atoms with Crippen molar-refractivity contribution < 1.29 is 0 Å². The Kier molecular flexibility index (Phi) is 3.74. The van der Waals surface area contributed by atoms with Crippen LogP contribution in [-0.4, -0.2) is 31.6 Å². The summed E-state index contributed by atoms with van der Waals surface area (Å²) in [6.07, 6.45) is 4.03. The Morgan fingerprint density at radius 1 is 1.31 bits per heavy atom. The van der Waals surface area contributed by atoms with Crippen molar-refractivity contribution in [3.63, 3.8) is 0 Å². The van der Waals surface area contributed by atoms with Crippen molar-refractivity contribution in [2.75, 3.05) is 26.7 Å². The number of hydrogen-bond donors (Lipinski definition) is 1. The van der Waals surface area contributed by atoms with Crippen LogP contribution >= 0.6 is 0 Å². The lowest BCUT2D eigenvalue weighted by Crippen LogP contribution is -2.34. The molecule has 0 aromatic rings. The van der Waals surface area contributed by atoms with Crippen LogP contribution in [0.15, 0.2) is 0 Å². The highest BCUT2D eigenvalue weighted by molar-refractivity contribution is 4.78. The van der Waals surface area contributed by atoms with Crippen molar-refractivity contribution in [1.29, 1.82) is 0 Å². The highest BCUT2D eigenvalue weighted by atomic mass is 15.1. The zero-order chi connectivity index (χ0) is 9.90. The lowest BCUT2D eigenvalue weighted by atomic mass is 9.79. The van der Waals surface area contributed by atoms with Crippen LogP contribution in [0.1, 0.15) is 33.1 Å². The average Bonchev–Trinajstić information content (AvgIpc) is 2.09. The third kappa shape index (κ3) is 3.65. The van der Waals surface area contributed by atoms with Crippen LogP contribution in [-0.2, 0) is 0 Å². The number of likely N-dealkylation sites (tertiary alicyclic amines) is 1. The smallest absolute Gasteiger partial charge is 0.00191 e. The second-order valence-corrected chi connectivity index (χ2v) is 5.32. The molecule has 78 valence electrons. The summed E-state index contributed by atoms with van der Waals surface area (Å²) >= 11 is 0. The fourth-order valence-electron chi connectivity index (χ4n) is 2.13. The van der Waals surface area contributed by atoms with Crippen molar-refractivity contribution >= 4 is 0 Å². The maximum atomic E-state index is 5.74. The summed E-state index contributed by atoms with van der Waals surface area (Å²) in [4.78, 5) is 2.42. The van der Waals surface area contributed by atoms with Crippen LogP contribution in [0.3, 0.4) is 0 Å². The van der Waals surface area contributed by atoms with Crippen LogP contribution in [0.4, 0.5) is 0 Å². The Morgan fingerprint density at radius 2 is 1.85 bits per heavy atom. The maximum Gasteiger partial charge on any atom is -0.00191 e. The third-order valence-corrected chi connectivity index (χ3v) is 3.23. The van der Waals surface area contributed by atoms with E-state index in [2.05, 4.69) is 25.8 Å². The molecule has 1 rings (SSSR count). The van der Waals surface area contributed by atoms with Crippen molar-refractivity contribution in [3.05, 3.63) is 0 Å². The number of rotatable bonds is 3. The van der Waals surface area contributed by atoms with E-state index in [4.69, 9.17) is 5.73 Å². The van der Waals surface area contributed by atoms with Crippen LogP contribution in [0, 0.1) is 11.3 Å². The Bertz CT molecular complexity index is 146. The second kappa shape index (κ2) is 4.43. The topological polar surface area (TPSA) is 29.3 Å². The summed E-state index contributed by atoms with van der Waals surface area (Å²) < 4.78 is 0. The predicted octanol–water partition coefficient (Wildman–Crippen LogP) is 1.70. The highest BCUT2D eigenvalue weighted by Gasteiger charge is 2.24. The van der Waals surface area contributed by atoms with Gasteiger partial charge in [0.05, 0.1) is 0 Å². The van der Waals surface area contributed by atoms with Gasteiger partial charge in [-0.15, -0.1) is 0 Å².